The Morgan fingerprint density at radius 3 is 2.65 bits per heavy atom. The van der Waals surface area contributed by atoms with Crippen molar-refractivity contribution in [3.05, 3.63) is 89.2 Å². The first kappa shape index (κ1) is 20.5. The van der Waals surface area contributed by atoms with Gasteiger partial charge in [-0.25, -0.2) is 9.67 Å². The van der Waals surface area contributed by atoms with Gasteiger partial charge in [0.05, 0.1) is 23.5 Å². The summed E-state index contributed by atoms with van der Waals surface area (Å²) in [7, 11) is 0. The second kappa shape index (κ2) is 9.37. The molecule has 0 aliphatic heterocycles. The van der Waals surface area contributed by atoms with Crippen LogP contribution in [0.4, 0.5) is 0 Å². The van der Waals surface area contributed by atoms with E-state index >= 15 is 0 Å². The number of hydrogen-bond donors (Lipinski definition) is 0. The normalized spacial score (nSPS) is 10.6. The molecule has 0 saturated carbocycles. The minimum atomic E-state index is -0.0934. The van der Waals surface area contributed by atoms with Crippen LogP contribution in [0.2, 0.25) is 0 Å². The summed E-state index contributed by atoms with van der Waals surface area (Å²) in [6.45, 7) is 3.17. The number of hydrogen-bond acceptors (Lipinski definition) is 5. The number of rotatable bonds is 7. The van der Waals surface area contributed by atoms with Crippen molar-refractivity contribution in [3.8, 4) is 22.3 Å². The maximum absolute atomic E-state index is 13.1. The fourth-order valence-corrected chi connectivity index (χ4v) is 4.02. The predicted molar refractivity (Wildman–Crippen MR) is 121 cm³/mol. The Bertz CT molecular complexity index is 1200. The van der Waals surface area contributed by atoms with E-state index in [1.165, 1.54) is 11.3 Å². The summed E-state index contributed by atoms with van der Waals surface area (Å²) in [5.41, 5.74) is 3.88. The molecule has 0 N–H and O–H groups in total. The van der Waals surface area contributed by atoms with E-state index in [9.17, 15) is 4.79 Å². The van der Waals surface area contributed by atoms with Gasteiger partial charge in [-0.1, -0.05) is 37.3 Å². The fourth-order valence-electron chi connectivity index (χ4n) is 3.25. The highest BCUT2D eigenvalue weighted by Crippen LogP contribution is 2.25. The van der Waals surface area contributed by atoms with E-state index in [1.54, 1.807) is 33.3 Å². The van der Waals surface area contributed by atoms with Gasteiger partial charge in [0.2, 0.25) is 0 Å². The molecule has 31 heavy (non-hydrogen) atoms. The SMILES string of the molecule is CCCN(Cc1ccc(C#N)cc1)C(=O)c1csc(-c2cnn(-c3ccccc3)c2)n1. The zero-order chi connectivity index (χ0) is 21.6. The summed E-state index contributed by atoms with van der Waals surface area (Å²) < 4.78 is 1.80. The second-order valence-electron chi connectivity index (χ2n) is 7.08. The lowest BCUT2D eigenvalue weighted by Crippen LogP contribution is -2.31. The Hall–Kier alpha value is -3.76. The molecule has 4 rings (SSSR count). The van der Waals surface area contributed by atoms with Crippen LogP contribution in [0.5, 0.6) is 0 Å². The van der Waals surface area contributed by atoms with Crippen LogP contribution in [0.3, 0.4) is 0 Å². The fraction of sp³-hybridized carbons (Fsp3) is 0.167. The van der Waals surface area contributed by atoms with E-state index in [0.29, 0.717) is 24.3 Å². The summed E-state index contributed by atoms with van der Waals surface area (Å²) in [6, 6.07) is 19.3. The van der Waals surface area contributed by atoms with Crippen molar-refractivity contribution < 1.29 is 4.79 Å². The van der Waals surface area contributed by atoms with Crippen molar-refractivity contribution in [3.63, 3.8) is 0 Å². The van der Waals surface area contributed by atoms with Gasteiger partial charge in [0, 0.05) is 30.2 Å². The van der Waals surface area contributed by atoms with Crippen LogP contribution in [0.1, 0.15) is 35.0 Å². The van der Waals surface area contributed by atoms with Gasteiger partial charge in [0.15, 0.2) is 0 Å². The molecular weight excluding hydrogens is 406 g/mol. The molecule has 0 fully saturated rings. The van der Waals surface area contributed by atoms with Gasteiger partial charge in [-0.3, -0.25) is 4.79 Å². The van der Waals surface area contributed by atoms with Gasteiger partial charge in [0.1, 0.15) is 10.7 Å². The lowest BCUT2D eigenvalue weighted by atomic mass is 10.1. The van der Waals surface area contributed by atoms with Crippen LogP contribution < -0.4 is 0 Å². The molecule has 0 radical (unpaired) electrons. The van der Waals surface area contributed by atoms with Crippen LogP contribution in [0.15, 0.2) is 72.4 Å². The van der Waals surface area contributed by atoms with Gasteiger partial charge in [-0.05, 0) is 36.2 Å². The molecule has 0 saturated heterocycles. The van der Waals surface area contributed by atoms with E-state index < -0.39 is 0 Å². The number of thiazole rings is 1. The van der Waals surface area contributed by atoms with Gasteiger partial charge in [-0.2, -0.15) is 10.4 Å². The standard InChI is InChI=1S/C24H21N5OS/c1-2-12-28(15-19-10-8-18(13-25)9-11-19)24(30)22-17-31-23(27-22)20-14-26-29(16-20)21-6-4-3-5-7-21/h3-11,14,16-17H,2,12,15H2,1H3. The maximum atomic E-state index is 13.1. The lowest BCUT2D eigenvalue weighted by Gasteiger charge is -2.21. The van der Waals surface area contributed by atoms with Crippen LogP contribution in [-0.2, 0) is 6.54 Å². The highest BCUT2D eigenvalue weighted by atomic mass is 32.1. The highest BCUT2D eigenvalue weighted by molar-refractivity contribution is 7.13. The average molecular weight is 428 g/mol. The molecule has 0 atom stereocenters. The highest BCUT2D eigenvalue weighted by Gasteiger charge is 2.19. The molecule has 1 amide bonds. The number of nitriles is 1. The van der Waals surface area contributed by atoms with Crippen molar-refractivity contribution in [1.82, 2.24) is 19.7 Å². The van der Waals surface area contributed by atoms with Crippen LogP contribution in [0.25, 0.3) is 16.3 Å². The molecule has 0 aliphatic rings. The van der Waals surface area contributed by atoms with Gasteiger partial charge in [-0.15, -0.1) is 11.3 Å². The molecular formula is C24H21N5OS. The van der Waals surface area contributed by atoms with Crippen LogP contribution in [-0.4, -0.2) is 32.1 Å². The Balaban J connectivity index is 1.51. The maximum Gasteiger partial charge on any atom is 0.273 e. The van der Waals surface area contributed by atoms with Crippen molar-refractivity contribution in [2.75, 3.05) is 6.54 Å². The monoisotopic (exact) mass is 427 g/mol. The average Bonchev–Trinajstić information content (AvgIpc) is 3.49. The van der Waals surface area contributed by atoms with Crippen molar-refractivity contribution in [2.24, 2.45) is 0 Å². The molecule has 2 aromatic carbocycles. The molecule has 154 valence electrons. The first-order valence-corrected chi connectivity index (χ1v) is 10.9. The number of carbonyl (C=O) groups excluding carboxylic acids is 1. The first-order valence-electron chi connectivity index (χ1n) is 10.0. The summed E-state index contributed by atoms with van der Waals surface area (Å²) in [5, 5.41) is 16.0. The zero-order valence-corrected chi connectivity index (χ0v) is 17.9. The molecule has 0 bridgehead atoms. The Morgan fingerprint density at radius 1 is 1.16 bits per heavy atom. The summed E-state index contributed by atoms with van der Waals surface area (Å²) in [4.78, 5) is 19.5. The minimum Gasteiger partial charge on any atom is -0.333 e. The van der Waals surface area contributed by atoms with E-state index in [2.05, 4.69) is 16.2 Å². The zero-order valence-electron chi connectivity index (χ0n) is 17.1. The lowest BCUT2D eigenvalue weighted by molar-refractivity contribution is 0.0738. The van der Waals surface area contributed by atoms with Gasteiger partial charge in [0.25, 0.3) is 5.91 Å². The third-order valence-electron chi connectivity index (χ3n) is 4.81. The van der Waals surface area contributed by atoms with E-state index in [4.69, 9.17) is 5.26 Å². The second-order valence-corrected chi connectivity index (χ2v) is 7.94. The van der Waals surface area contributed by atoms with Crippen LogP contribution in [0, 0.1) is 11.3 Å². The van der Waals surface area contributed by atoms with Gasteiger partial charge >= 0.3 is 0 Å². The largest absolute Gasteiger partial charge is 0.333 e. The number of nitrogens with zero attached hydrogens (tertiary/aromatic N) is 5. The summed E-state index contributed by atoms with van der Waals surface area (Å²) in [6.07, 6.45) is 4.53. The quantitative estimate of drug-likeness (QED) is 0.420. The molecule has 2 heterocycles. The van der Waals surface area contributed by atoms with Crippen LogP contribution >= 0.6 is 11.3 Å². The summed E-state index contributed by atoms with van der Waals surface area (Å²) in [5.74, 6) is -0.0934. The number of benzene rings is 2. The Morgan fingerprint density at radius 2 is 1.94 bits per heavy atom. The number of aromatic nitrogens is 3. The molecule has 7 heteroatoms. The molecule has 6 nitrogen and oxygen atoms in total. The molecule has 0 spiro atoms. The number of amides is 1. The number of carbonyl (C=O) groups is 1. The smallest absolute Gasteiger partial charge is 0.273 e. The van der Waals surface area contributed by atoms with E-state index in [-0.39, 0.29) is 5.91 Å². The van der Waals surface area contributed by atoms with E-state index in [1.807, 2.05) is 55.6 Å². The van der Waals surface area contributed by atoms with E-state index in [0.717, 1.165) is 28.2 Å². The first-order chi connectivity index (χ1) is 15.2. The molecule has 0 aliphatic carbocycles. The minimum absolute atomic E-state index is 0.0934. The molecule has 4 aromatic rings. The predicted octanol–water partition coefficient (Wildman–Crippen LogP) is 4.92. The third-order valence-corrected chi connectivity index (χ3v) is 5.70. The van der Waals surface area contributed by atoms with Crippen molar-refractivity contribution in [1.29, 1.82) is 5.26 Å². The molecule has 2 aromatic heterocycles. The third kappa shape index (κ3) is 4.71. The molecule has 0 unspecified atom stereocenters. The topological polar surface area (TPSA) is 74.8 Å². The van der Waals surface area contributed by atoms with Crippen molar-refractivity contribution >= 4 is 17.2 Å². The van der Waals surface area contributed by atoms with Gasteiger partial charge < -0.3 is 4.90 Å². The summed E-state index contributed by atoms with van der Waals surface area (Å²) >= 11 is 1.44. The number of para-hydroxylation sites is 1. The Kier molecular flexibility index (Phi) is 6.20. The van der Waals surface area contributed by atoms with Crippen molar-refractivity contribution in [2.45, 2.75) is 19.9 Å². The Labute approximate surface area is 185 Å².